The van der Waals surface area contributed by atoms with E-state index < -0.39 is 6.03 Å². The molecule has 0 bridgehead atoms. The fraction of sp³-hybridized carbons (Fsp3) is 0.538. The molecule has 0 saturated carbocycles. The summed E-state index contributed by atoms with van der Waals surface area (Å²) in [6.07, 6.45) is 3.51. The van der Waals surface area contributed by atoms with Gasteiger partial charge in [-0.3, -0.25) is 10.1 Å². The number of amides is 3. The summed E-state index contributed by atoms with van der Waals surface area (Å²) in [5, 5.41) is 4.94. The van der Waals surface area contributed by atoms with Crippen LogP contribution in [0.15, 0.2) is 22.8 Å². The smallest absolute Gasteiger partial charge is 0.321 e. The van der Waals surface area contributed by atoms with Gasteiger partial charge in [0.25, 0.3) is 5.91 Å². The van der Waals surface area contributed by atoms with Crippen molar-refractivity contribution in [1.82, 2.24) is 10.6 Å². The molecule has 3 N–H and O–H groups in total. The van der Waals surface area contributed by atoms with Gasteiger partial charge in [-0.25, -0.2) is 4.79 Å². The molecule has 0 aromatic carbocycles. The highest BCUT2D eigenvalue weighted by Gasteiger charge is 2.14. The number of nitrogens with one attached hydrogen (secondary N) is 3. The Morgan fingerprint density at radius 2 is 2.21 bits per heavy atom. The maximum absolute atomic E-state index is 11.6. The monoisotopic (exact) mass is 268 g/mol. The highest BCUT2D eigenvalue weighted by atomic mass is 16.3. The highest BCUT2D eigenvalue weighted by molar-refractivity contribution is 5.94. The van der Waals surface area contributed by atoms with Crippen LogP contribution in [0, 0.1) is 0 Å². The molecule has 0 aliphatic carbocycles. The maximum atomic E-state index is 11.6. The number of hydrogen-bond acceptors (Lipinski definition) is 3. The molecule has 6 heteroatoms. The first kappa shape index (κ1) is 15.2. The third-order valence-electron chi connectivity index (χ3n) is 2.59. The number of likely N-dealkylation sites (N-methyl/N-ethyl adjacent to an activating group) is 1. The van der Waals surface area contributed by atoms with Crippen molar-refractivity contribution in [2.45, 2.75) is 26.3 Å². The third kappa shape index (κ3) is 6.61. The van der Waals surface area contributed by atoms with Crippen LogP contribution in [-0.2, 0) is 11.3 Å². The van der Waals surface area contributed by atoms with E-state index in [1.165, 1.54) is 0 Å². The zero-order chi connectivity index (χ0) is 14.1. The Morgan fingerprint density at radius 3 is 2.84 bits per heavy atom. The zero-order valence-corrected chi connectivity index (χ0v) is 11.5. The number of imide groups is 1. The molecule has 0 radical (unpaired) electrons. The van der Waals surface area contributed by atoms with Crippen molar-refractivity contribution in [2.75, 3.05) is 20.1 Å². The van der Waals surface area contributed by atoms with Gasteiger partial charge in [0.1, 0.15) is 6.54 Å². The van der Waals surface area contributed by atoms with Crippen LogP contribution in [0.4, 0.5) is 4.79 Å². The van der Waals surface area contributed by atoms with Crippen LogP contribution in [-0.4, -0.2) is 32.1 Å². The van der Waals surface area contributed by atoms with Gasteiger partial charge in [-0.2, -0.15) is 0 Å². The molecule has 106 valence electrons. The lowest BCUT2D eigenvalue weighted by atomic mass is 10.3. The van der Waals surface area contributed by atoms with Gasteiger partial charge in [0.2, 0.25) is 0 Å². The van der Waals surface area contributed by atoms with Crippen molar-refractivity contribution in [3.8, 4) is 0 Å². The number of carbonyl (C=O) groups is 2. The molecule has 3 amide bonds. The summed E-state index contributed by atoms with van der Waals surface area (Å²) >= 11 is 0. The molecule has 0 fully saturated rings. The molecule has 1 unspecified atom stereocenters. The average molecular weight is 268 g/mol. The van der Waals surface area contributed by atoms with Gasteiger partial charge in [-0.15, -0.1) is 0 Å². The number of unbranched alkanes of at least 4 members (excludes halogenated alkanes) is 1. The van der Waals surface area contributed by atoms with Crippen molar-refractivity contribution < 1.29 is 18.9 Å². The molecule has 1 heterocycles. The molecule has 1 atom stereocenters. The molecule has 0 saturated heterocycles. The van der Waals surface area contributed by atoms with Crippen molar-refractivity contribution in [2.24, 2.45) is 0 Å². The first-order valence-corrected chi connectivity index (χ1v) is 6.53. The number of urea groups is 1. The summed E-state index contributed by atoms with van der Waals surface area (Å²) in [5.41, 5.74) is 0. The summed E-state index contributed by atoms with van der Waals surface area (Å²) in [6.45, 7) is 3.46. The summed E-state index contributed by atoms with van der Waals surface area (Å²) in [6, 6.07) is 3.24. The van der Waals surface area contributed by atoms with Crippen LogP contribution in [0.2, 0.25) is 0 Å². The van der Waals surface area contributed by atoms with Crippen molar-refractivity contribution >= 4 is 11.9 Å². The Labute approximate surface area is 113 Å². The van der Waals surface area contributed by atoms with Crippen LogP contribution in [0.25, 0.3) is 0 Å². The van der Waals surface area contributed by atoms with Gasteiger partial charge in [-0.05, 0) is 18.6 Å². The van der Waals surface area contributed by atoms with E-state index in [1.54, 1.807) is 6.26 Å². The Kier molecular flexibility index (Phi) is 6.67. The number of furan rings is 1. The Morgan fingerprint density at radius 1 is 1.42 bits per heavy atom. The third-order valence-corrected chi connectivity index (χ3v) is 2.59. The number of quaternary nitrogens is 1. The van der Waals surface area contributed by atoms with E-state index in [0.717, 1.165) is 23.5 Å². The molecule has 1 aromatic rings. The summed E-state index contributed by atoms with van der Waals surface area (Å²) in [4.78, 5) is 23.9. The van der Waals surface area contributed by atoms with E-state index in [0.29, 0.717) is 13.1 Å². The van der Waals surface area contributed by atoms with E-state index in [4.69, 9.17) is 4.42 Å². The fourth-order valence-corrected chi connectivity index (χ4v) is 1.64. The highest BCUT2D eigenvalue weighted by Crippen LogP contribution is 1.95. The van der Waals surface area contributed by atoms with Crippen LogP contribution in [0.1, 0.15) is 25.5 Å². The lowest BCUT2D eigenvalue weighted by molar-refractivity contribution is -0.886. The first-order chi connectivity index (χ1) is 9.11. The number of hydrogen-bond donors (Lipinski definition) is 3. The lowest BCUT2D eigenvalue weighted by Gasteiger charge is -2.12. The number of rotatable bonds is 7. The maximum Gasteiger partial charge on any atom is 0.321 e. The first-order valence-electron chi connectivity index (χ1n) is 6.53. The SMILES string of the molecule is CCCCNC(=O)NC(=O)C[NH+](C)Cc1ccco1. The second-order valence-corrected chi connectivity index (χ2v) is 4.55. The molecule has 0 aliphatic rings. The fourth-order valence-electron chi connectivity index (χ4n) is 1.64. The molecule has 6 nitrogen and oxygen atoms in total. The van der Waals surface area contributed by atoms with Gasteiger partial charge in [0.15, 0.2) is 12.3 Å². The van der Waals surface area contributed by atoms with E-state index in [1.807, 2.05) is 26.1 Å². The molecule has 1 rings (SSSR count). The minimum absolute atomic E-state index is 0.224. The normalized spacial score (nSPS) is 11.9. The number of carbonyl (C=O) groups excluding carboxylic acids is 2. The van der Waals surface area contributed by atoms with Gasteiger partial charge in [0, 0.05) is 6.54 Å². The van der Waals surface area contributed by atoms with Crippen molar-refractivity contribution in [3.05, 3.63) is 24.2 Å². The zero-order valence-electron chi connectivity index (χ0n) is 11.5. The Bertz CT molecular complexity index is 390. The van der Waals surface area contributed by atoms with Gasteiger partial charge >= 0.3 is 6.03 Å². The predicted molar refractivity (Wildman–Crippen MR) is 70.6 cm³/mol. The minimum Gasteiger partial charge on any atom is -0.463 e. The predicted octanol–water partition coefficient (Wildman–Crippen LogP) is -0.0798. The lowest BCUT2D eigenvalue weighted by Crippen LogP contribution is -3.09. The standard InChI is InChI=1S/C13H21N3O3/c1-3-4-7-14-13(18)15-12(17)10-16(2)9-11-6-5-8-19-11/h5-6,8H,3-4,7,9-10H2,1-2H3,(H2,14,15,17,18)/p+1. The second kappa shape index (κ2) is 8.31. The van der Waals surface area contributed by atoms with Gasteiger partial charge in [-0.1, -0.05) is 13.3 Å². The van der Waals surface area contributed by atoms with Crippen LogP contribution in [0.3, 0.4) is 0 Å². The van der Waals surface area contributed by atoms with Crippen molar-refractivity contribution in [3.63, 3.8) is 0 Å². The quantitative estimate of drug-likeness (QED) is 0.605. The molecular formula is C13H22N3O3+. The molecular weight excluding hydrogens is 246 g/mol. The van der Waals surface area contributed by atoms with E-state index >= 15 is 0 Å². The summed E-state index contributed by atoms with van der Waals surface area (Å²) < 4.78 is 5.20. The second-order valence-electron chi connectivity index (χ2n) is 4.55. The molecule has 0 aliphatic heterocycles. The largest absolute Gasteiger partial charge is 0.463 e. The van der Waals surface area contributed by atoms with E-state index in [2.05, 4.69) is 10.6 Å². The molecule has 0 spiro atoms. The molecule has 1 aromatic heterocycles. The minimum atomic E-state index is -0.427. The van der Waals surface area contributed by atoms with Gasteiger partial charge in [0.05, 0.1) is 13.3 Å². The van der Waals surface area contributed by atoms with Crippen LogP contribution >= 0.6 is 0 Å². The van der Waals surface area contributed by atoms with E-state index in [-0.39, 0.29) is 12.5 Å². The topological polar surface area (TPSA) is 75.8 Å². The van der Waals surface area contributed by atoms with Gasteiger partial charge < -0.3 is 14.6 Å². The Balaban J connectivity index is 2.21. The average Bonchev–Trinajstić information content (AvgIpc) is 2.81. The van der Waals surface area contributed by atoms with Crippen LogP contribution in [0.5, 0.6) is 0 Å². The molecule has 19 heavy (non-hydrogen) atoms. The van der Waals surface area contributed by atoms with Crippen LogP contribution < -0.4 is 15.5 Å². The Hall–Kier alpha value is -1.82. The summed E-state index contributed by atoms with van der Waals surface area (Å²) in [5.74, 6) is 0.524. The van der Waals surface area contributed by atoms with Crippen molar-refractivity contribution in [1.29, 1.82) is 0 Å². The van der Waals surface area contributed by atoms with E-state index in [9.17, 15) is 9.59 Å². The summed E-state index contributed by atoms with van der Waals surface area (Å²) in [7, 11) is 1.87.